The molecule has 1 heterocycles. The van der Waals surface area contributed by atoms with Crippen molar-refractivity contribution in [2.24, 2.45) is 23.7 Å². The average molecular weight is 385 g/mol. The maximum absolute atomic E-state index is 12.3. The van der Waals surface area contributed by atoms with Gasteiger partial charge < -0.3 is 19.0 Å². The fourth-order valence-corrected chi connectivity index (χ4v) is 3.99. The minimum atomic E-state index is -1.000. The van der Waals surface area contributed by atoms with Crippen LogP contribution in [0.25, 0.3) is 0 Å². The first-order valence-corrected chi connectivity index (χ1v) is 9.68. The van der Waals surface area contributed by atoms with Crippen molar-refractivity contribution in [2.75, 3.05) is 13.7 Å². The lowest BCUT2D eigenvalue weighted by molar-refractivity contribution is -0.734. The summed E-state index contributed by atoms with van der Waals surface area (Å²) in [5, 5.41) is 12.1. The van der Waals surface area contributed by atoms with Gasteiger partial charge in [-0.05, 0) is 37.5 Å². The van der Waals surface area contributed by atoms with Gasteiger partial charge in [-0.15, -0.1) is 0 Å². The predicted octanol–water partition coefficient (Wildman–Crippen LogP) is 2.43. The zero-order valence-electron chi connectivity index (χ0n) is 16.8. The van der Waals surface area contributed by atoms with Crippen molar-refractivity contribution in [3.8, 4) is 0 Å². The summed E-state index contributed by atoms with van der Waals surface area (Å²) in [6, 6.07) is 0. The molecule has 8 heteroatoms. The number of hydrogen-bond acceptors (Lipinski definition) is 7. The normalized spacial score (nSPS) is 32.1. The number of rotatable bonds is 7. The zero-order chi connectivity index (χ0) is 20.1. The van der Waals surface area contributed by atoms with Gasteiger partial charge in [0.2, 0.25) is 6.29 Å². The highest BCUT2D eigenvalue weighted by Crippen LogP contribution is 2.38. The van der Waals surface area contributed by atoms with Crippen LogP contribution in [0, 0.1) is 28.9 Å². The van der Waals surface area contributed by atoms with Gasteiger partial charge in [-0.25, -0.2) is 4.79 Å². The van der Waals surface area contributed by atoms with Crippen molar-refractivity contribution in [1.82, 2.24) is 0 Å². The third-order valence-corrected chi connectivity index (χ3v) is 5.43. The number of ether oxygens (including phenoxy) is 3. The van der Waals surface area contributed by atoms with Crippen LogP contribution in [0.2, 0.25) is 0 Å². The van der Waals surface area contributed by atoms with Crippen LogP contribution in [0.3, 0.4) is 0 Å². The predicted molar refractivity (Wildman–Crippen MR) is 96.5 cm³/mol. The Morgan fingerprint density at radius 3 is 2.67 bits per heavy atom. The highest BCUT2D eigenvalue weighted by molar-refractivity contribution is 6.35. The van der Waals surface area contributed by atoms with E-state index in [-0.39, 0.29) is 29.7 Å². The SMILES string of the molecule is CCOC(=O)/C([C@@H]1CC(=O)O[C@H]1O[C@H]1C[C@@H](C)CC[C@@H]1C(C)C)=[N+](/[O-])OC. The second-order valence-electron chi connectivity index (χ2n) is 7.71. The van der Waals surface area contributed by atoms with Gasteiger partial charge in [0.05, 0.1) is 19.1 Å². The smallest absolute Gasteiger partial charge is 0.405 e. The topological polar surface area (TPSA) is 97.1 Å². The van der Waals surface area contributed by atoms with E-state index in [1.807, 2.05) is 0 Å². The van der Waals surface area contributed by atoms with Gasteiger partial charge >= 0.3 is 17.7 Å². The standard InChI is InChI=1S/C19H31NO7/c1-6-25-18(22)17(20(23)24-5)14-10-16(21)27-19(14)26-15-9-12(4)7-8-13(15)11(2)3/h11-15,19H,6-10H2,1-5H3/b20-17-/t12-,13+,14-,15-,19+/m0/s1. The van der Waals surface area contributed by atoms with Gasteiger partial charge in [-0.1, -0.05) is 27.2 Å². The minimum Gasteiger partial charge on any atom is -0.458 e. The van der Waals surface area contributed by atoms with E-state index in [1.165, 1.54) is 0 Å². The van der Waals surface area contributed by atoms with Gasteiger partial charge in [0, 0.05) is 12.0 Å². The van der Waals surface area contributed by atoms with Crippen LogP contribution >= 0.6 is 0 Å². The molecule has 1 aliphatic carbocycles. The van der Waals surface area contributed by atoms with Crippen molar-refractivity contribution >= 4 is 17.7 Å². The Morgan fingerprint density at radius 1 is 1.37 bits per heavy atom. The molecule has 0 unspecified atom stereocenters. The Morgan fingerprint density at radius 2 is 2.07 bits per heavy atom. The molecular formula is C19H31NO7. The quantitative estimate of drug-likeness (QED) is 0.287. The van der Waals surface area contributed by atoms with Crippen LogP contribution in [0.5, 0.6) is 0 Å². The first-order chi connectivity index (χ1) is 12.8. The summed E-state index contributed by atoms with van der Waals surface area (Å²) in [6.45, 7) is 8.21. The zero-order valence-corrected chi connectivity index (χ0v) is 16.8. The molecule has 0 amide bonds. The molecular weight excluding hydrogens is 354 g/mol. The van der Waals surface area contributed by atoms with Crippen LogP contribution in [0.15, 0.2) is 0 Å². The number of carbonyl (C=O) groups is 2. The summed E-state index contributed by atoms with van der Waals surface area (Å²) in [5.74, 6) is -0.951. The summed E-state index contributed by atoms with van der Waals surface area (Å²) >= 11 is 0. The molecule has 154 valence electrons. The van der Waals surface area contributed by atoms with Gasteiger partial charge in [-0.3, -0.25) is 10.0 Å². The molecule has 8 nitrogen and oxygen atoms in total. The first-order valence-electron chi connectivity index (χ1n) is 9.68. The van der Waals surface area contributed by atoms with Crippen LogP contribution in [-0.2, 0) is 28.6 Å². The summed E-state index contributed by atoms with van der Waals surface area (Å²) in [5.41, 5.74) is -0.305. The molecule has 2 rings (SSSR count). The lowest BCUT2D eigenvalue weighted by Crippen LogP contribution is -2.43. The van der Waals surface area contributed by atoms with Crippen molar-refractivity contribution in [3.05, 3.63) is 5.21 Å². The third-order valence-electron chi connectivity index (χ3n) is 5.43. The molecule has 0 aromatic rings. The molecule has 0 bridgehead atoms. The van der Waals surface area contributed by atoms with E-state index < -0.39 is 24.1 Å². The van der Waals surface area contributed by atoms with Crippen LogP contribution in [0.4, 0.5) is 0 Å². The monoisotopic (exact) mass is 385 g/mol. The highest BCUT2D eigenvalue weighted by atomic mass is 16.9. The van der Waals surface area contributed by atoms with E-state index in [9.17, 15) is 14.8 Å². The maximum atomic E-state index is 12.3. The average Bonchev–Trinajstić information content (AvgIpc) is 2.94. The number of nitrogens with zero attached hydrogens (tertiary/aromatic N) is 1. The van der Waals surface area contributed by atoms with Crippen molar-refractivity contribution in [1.29, 1.82) is 0 Å². The molecule has 0 N–H and O–H groups in total. The molecule has 0 aromatic heterocycles. The van der Waals surface area contributed by atoms with Crippen molar-refractivity contribution in [3.63, 3.8) is 0 Å². The summed E-state index contributed by atoms with van der Waals surface area (Å²) in [4.78, 5) is 29.0. The second kappa shape index (κ2) is 9.39. The summed E-state index contributed by atoms with van der Waals surface area (Å²) < 4.78 is 16.5. The summed E-state index contributed by atoms with van der Waals surface area (Å²) in [6.07, 6.45) is 1.79. The number of carbonyl (C=O) groups excluding carboxylic acids is 2. The lowest BCUT2D eigenvalue weighted by atomic mass is 9.75. The first kappa shape index (κ1) is 21.5. The number of cyclic esters (lactones) is 1. The Hall–Kier alpha value is -1.83. The fraction of sp³-hybridized carbons (Fsp3) is 0.842. The molecule has 5 atom stereocenters. The third kappa shape index (κ3) is 5.12. The molecule has 1 saturated carbocycles. The Kier molecular flexibility index (Phi) is 7.47. The Labute approximate surface area is 160 Å². The largest absolute Gasteiger partial charge is 0.458 e. The molecule has 2 fully saturated rings. The number of esters is 2. The summed E-state index contributed by atoms with van der Waals surface area (Å²) in [7, 11) is 1.15. The highest BCUT2D eigenvalue weighted by Gasteiger charge is 2.50. The molecule has 0 radical (unpaired) electrons. The molecule has 1 aliphatic heterocycles. The number of hydrogen-bond donors (Lipinski definition) is 0. The second-order valence-corrected chi connectivity index (χ2v) is 7.71. The molecule has 27 heavy (non-hydrogen) atoms. The molecule has 0 spiro atoms. The van der Waals surface area contributed by atoms with E-state index in [0.717, 1.165) is 26.4 Å². The van der Waals surface area contributed by atoms with Crippen LogP contribution in [0.1, 0.15) is 53.4 Å². The molecule has 0 aromatic carbocycles. The van der Waals surface area contributed by atoms with Crippen LogP contribution in [-0.4, -0.2) is 48.7 Å². The van der Waals surface area contributed by atoms with E-state index in [2.05, 4.69) is 25.6 Å². The van der Waals surface area contributed by atoms with Gasteiger partial charge in [0.25, 0.3) is 0 Å². The van der Waals surface area contributed by atoms with Crippen molar-refractivity contribution in [2.45, 2.75) is 65.8 Å². The van der Waals surface area contributed by atoms with Gasteiger partial charge in [0.1, 0.15) is 5.92 Å². The lowest BCUT2D eigenvalue weighted by Gasteiger charge is -2.38. The van der Waals surface area contributed by atoms with E-state index >= 15 is 0 Å². The van der Waals surface area contributed by atoms with E-state index in [0.29, 0.717) is 17.8 Å². The van der Waals surface area contributed by atoms with E-state index in [1.54, 1.807) is 6.92 Å². The fourth-order valence-electron chi connectivity index (χ4n) is 3.99. The Balaban J connectivity index is 2.25. The minimum absolute atomic E-state index is 0.0877. The van der Waals surface area contributed by atoms with Gasteiger partial charge in [0.15, 0.2) is 0 Å². The van der Waals surface area contributed by atoms with Crippen LogP contribution < -0.4 is 0 Å². The van der Waals surface area contributed by atoms with Crippen molar-refractivity contribution < 1.29 is 33.5 Å². The Bertz CT molecular complexity index is 574. The molecule has 2 aliphatic rings. The maximum Gasteiger partial charge on any atom is 0.405 e. The molecule has 1 saturated heterocycles. The van der Waals surface area contributed by atoms with Gasteiger partial charge in [-0.2, -0.15) is 0 Å². The van der Waals surface area contributed by atoms with E-state index in [4.69, 9.17) is 14.2 Å².